The molecule has 0 saturated carbocycles. The summed E-state index contributed by atoms with van der Waals surface area (Å²) in [6, 6.07) is 13.9. The molecule has 0 aliphatic carbocycles. The number of hydrogen-bond donors (Lipinski definition) is 2. The molecule has 2 aromatic heterocycles. The Labute approximate surface area is 219 Å². The fraction of sp³-hybridized carbons (Fsp3) is 0.240. The van der Waals surface area contributed by atoms with Crippen LogP contribution in [-0.4, -0.2) is 56.1 Å². The molecule has 4 aromatic rings. The van der Waals surface area contributed by atoms with Crippen LogP contribution in [0.4, 0.5) is 5.69 Å². The minimum absolute atomic E-state index is 0.0460. The summed E-state index contributed by atoms with van der Waals surface area (Å²) in [6.45, 7) is 1.74. The molecule has 5 rings (SSSR count). The molecule has 198 valence electrons. The van der Waals surface area contributed by atoms with Crippen LogP contribution in [0.5, 0.6) is 5.75 Å². The number of anilines is 1. The summed E-state index contributed by atoms with van der Waals surface area (Å²) in [6.07, 6.45) is 0.408. The highest BCUT2D eigenvalue weighted by atomic mass is 32.2. The van der Waals surface area contributed by atoms with Gasteiger partial charge in [0, 0.05) is 11.3 Å². The molecule has 1 aliphatic heterocycles. The van der Waals surface area contributed by atoms with Crippen molar-refractivity contribution in [2.45, 2.75) is 24.3 Å². The van der Waals surface area contributed by atoms with E-state index in [9.17, 15) is 21.6 Å². The minimum Gasteiger partial charge on any atom is -0.497 e. The number of sulfonamides is 1. The molecule has 3 N–H and O–H groups in total. The van der Waals surface area contributed by atoms with E-state index in [1.807, 2.05) is 12.1 Å². The number of carbonyl (C=O) groups excluding carboxylic acids is 1. The predicted octanol–water partition coefficient (Wildman–Crippen LogP) is 2.67. The van der Waals surface area contributed by atoms with Crippen LogP contribution < -0.4 is 15.2 Å². The number of methoxy groups -OCH3 is 1. The van der Waals surface area contributed by atoms with Gasteiger partial charge in [0.1, 0.15) is 5.75 Å². The van der Waals surface area contributed by atoms with Gasteiger partial charge in [-0.15, -0.1) is 0 Å². The molecule has 13 heteroatoms. The lowest BCUT2D eigenvalue weighted by Crippen LogP contribution is -2.15. The van der Waals surface area contributed by atoms with Crippen LogP contribution in [0.2, 0.25) is 0 Å². The largest absolute Gasteiger partial charge is 0.497 e. The highest BCUT2D eigenvalue weighted by molar-refractivity contribution is 7.91. The second-order valence-corrected chi connectivity index (χ2v) is 12.9. The fourth-order valence-electron chi connectivity index (χ4n) is 4.55. The number of rotatable bonds is 6. The number of nitrogens with one attached hydrogen (secondary N) is 1. The minimum atomic E-state index is -3.87. The number of pyridine rings is 1. The number of ether oxygens (including phenoxy) is 1. The van der Waals surface area contributed by atoms with Gasteiger partial charge in [-0.3, -0.25) is 4.79 Å². The van der Waals surface area contributed by atoms with Gasteiger partial charge >= 0.3 is 0 Å². The summed E-state index contributed by atoms with van der Waals surface area (Å²) in [7, 11) is -5.50. The van der Waals surface area contributed by atoms with Crippen LogP contribution in [0, 0.1) is 6.92 Å². The highest BCUT2D eigenvalue weighted by Gasteiger charge is 2.32. The van der Waals surface area contributed by atoms with Crippen LogP contribution in [0.25, 0.3) is 22.3 Å². The summed E-state index contributed by atoms with van der Waals surface area (Å²) < 4.78 is 54.4. The molecular formula is C25H25N5O6S2. The van der Waals surface area contributed by atoms with Crippen molar-refractivity contribution in [3.05, 3.63) is 65.9 Å². The van der Waals surface area contributed by atoms with Crippen molar-refractivity contribution in [2.24, 2.45) is 5.14 Å². The van der Waals surface area contributed by atoms with Gasteiger partial charge < -0.3 is 10.1 Å². The predicted molar refractivity (Wildman–Crippen MR) is 142 cm³/mol. The maximum atomic E-state index is 13.5. The summed E-state index contributed by atoms with van der Waals surface area (Å²) in [5.74, 6) is 0.221. The third-order valence-electron chi connectivity index (χ3n) is 6.46. The Morgan fingerprint density at radius 1 is 1.13 bits per heavy atom. The average molecular weight is 556 g/mol. The number of sulfone groups is 1. The van der Waals surface area contributed by atoms with Crippen molar-refractivity contribution in [3.63, 3.8) is 0 Å². The van der Waals surface area contributed by atoms with E-state index in [1.165, 1.54) is 24.3 Å². The molecule has 11 nitrogen and oxygen atoms in total. The van der Waals surface area contributed by atoms with Gasteiger partial charge in [0.05, 0.1) is 51.9 Å². The lowest BCUT2D eigenvalue weighted by atomic mass is 10.0. The Morgan fingerprint density at radius 2 is 1.82 bits per heavy atom. The Hall–Kier alpha value is -3.81. The fourth-order valence-corrected chi connectivity index (χ4v) is 6.76. The molecule has 0 spiro atoms. The Kier molecular flexibility index (Phi) is 6.45. The number of fused-ring (bicyclic) bond motifs is 1. The summed E-state index contributed by atoms with van der Waals surface area (Å²) in [4.78, 5) is 18.3. The molecule has 1 atom stereocenters. The maximum Gasteiger partial charge on any atom is 0.256 e. The number of benzene rings is 2. The number of aryl methyl sites for hydroxylation is 1. The van der Waals surface area contributed by atoms with Gasteiger partial charge in [-0.25, -0.2) is 31.6 Å². The summed E-state index contributed by atoms with van der Waals surface area (Å²) in [5.41, 5.74) is 2.83. The van der Waals surface area contributed by atoms with E-state index in [2.05, 4.69) is 10.4 Å². The van der Waals surface area contributed by atoms with Gasteiger partial charge in [0.15, 0.2) is 15.5 Å². The van der Waals surface area contributed by atoms with Crippen molar-refractivity contribution in [3.8, 4) is 17.0 Å². The molecular weight excluding hydrogens is 530 g/mol. The van der Waals surface area contributed by atoms with E-state index in [0.29, 0.717) is 45.8 Å². The molecule has 1 fully saturated rings. The molecule has 3 heterocycles. The summed E-state index contributed by atoms with van der Waals surface area (Å²) in [5, 5.41) is 13.1. The second kappa shape index (κ2) is 9.49. The van der Waals surface area contributed by atoms with Crippen LogP contribution in [0.15, 0.2) is 59.5 Å². The SMILES string of the molecule is COc1ccc(-c2cc(C(=O)Nc3ccc(S(N)(=O)=O)cc3)c3c(C)nn(C4CCS(=O)(=O)C4)c3n2)cc1. The number of hydrogen-bond acceptors (Lipinski definition) is 8. The van der Waals surface area contributed by atoms with Gasteiger partial charge in [0.2, 0.25) is 10.0 Å². The van der Waals surface area contributed by atoms with Crippen molar-refractivity contribution >= 4 is 42.5 Å². The Bertz CT molecular complexity index is 1760. The van der Waals surface area contributed by atoms with Crippen LogP contribution >= 0.6 is 0 Å². The number of carbonyl (C=O) groups is 1. The first kappa shape index (κ1) is 25.8. The number of primary sulfonamides is 1. The Balaban J connectivity index is 1.62. The van der Waals surface area contributed by atoms with Crippen molar-refractivity contribution in [2.75, 3.05) is 23.9 Å². The first-order valence-corrected chi connectivity index (χ1v) is 15.0. The van der Waals surface area contributed by atoms with E-state index in [0.717, 1.165) is 5.56 Å². The van der Waals surface area contributed by atoms with Crippen LogP contribution in [0.1, 0.15) is 28.5 Å². The van der Waals surface area contributed by atoms with Gasteiger partial charge in [-0.1, -0.05) is 0 Å². The highest BCUT2D eigenvalue weighted by Crippen LogP contribution is 2.33. The molecule has 1 aliphatic rings. The summed E-state index contributed by atoms with van der Waals surface area (Å²) >= 11 is 0. The molecule has 0 bridgehead atoms. The standard InChI is InChI=1S/C25H25N5O6S2/c1-15-23-21(25(31)27-17-5-9-20(10-6-17)38(26,34)35)13-22(16-3-7-19(36-2)8-4-16)28-24(23)30(29-15)18-11-12-37(32,33)14-18/h3-10,13,18H,11-12,14H2,1-2H3,(H,27,31)(H2,26,34,35). The smallest absolute Gasteiger partial charge is 0.256 e. The van der Waals surface area contributed by atoms with E-state index >= 15 is 0 Å². The topological polar surface area (TPSA) is 163 Å². The number of nitrogens with two attached hydrogens (primary N) is 1. The number of aromatic nitrogens is 3. The third kappa shape index (κ3) is 4.99. The lowest BCUT2D eigenvalue weighted by Gasteiger charge is -2.13. The first-order valence-electron chi connectivity index (χ1n) is 11.6. The van der Waals surface area contributed by atoms with Crippen LogP contribution in [-0.2, 0) is 19.9 Å². The molecule has 0 radical (unpaired) electrons. The van der Waals surface area contributed by atoms with E-state index < -0.39 is 31.8 Å². The average Bonchev–Trinajstić information content (AvgIpc) is 3.41. The number of nitrogens with zero attached hydrogens (tertiary/aromatic N) is 3. The van der Waals surface area contributed by atoms with Crippen molar-refractivity contribution < 1.29 is 26.4 Å². The van der Waals surface area contributed by atoms with Crippen LogP contribution in [0.3, 0.4) is 0 Å². The molecule has 1 unspecified atom stereocenters. The van der Waals surface area contributed by atoms with Crippen molar-refractivity contribution in [1.29, 1.82) is 0 Å². The van der Waals surface area contributed by atoms with E-state index in [1.54, 1.807) is 36.9 Å². The van der Waals surface area contributed by atoms with Gasteiger partial charge in [0.25, 0.3) is 5.91 Å². The van der Waals surface area contributed by atoms with Crippen molar-refractivity contribution in [1.82, 2.24) is 14.8 Å². The quantitative estimate of drug-likeness (QED) is 0.367. The molecule has 1 saturated heterocycles. The zero-order chi connectivity index (χ0) is 27.2. The maximum absolute atomic E-state index is 13.5. The molecule has 38 heavy (non-hydrogen) atoms. The number of amides is 1. The molecule has 1 amide bonds. The normalized spacial score (nSPS) is 17.0. The molecule has 2 aromatic carbocycles. The first-order chi connectivity index (χ1) is 17.9. The van der Waals surface area contributed by atoms with E-state index in [-0.39, 0.29) is 16.4 Å². The van der Waals surface area contributed by atoms with Gasteiger partial charge in [-0.05, 0) is 67.9 Å². The third-order valence-corrected chi connectivity index (χ3v) is 9.14. The lowest BCUT2D eigenvalue weighted by molar-refractivity contribution is 0.102. The Morgan fingerprint density at radius 3 is 2.39 bits per heavy atom. The van der Waals surface area contributed by atoms with E-state index in [4.69, 9.17) is 14.9 Å². The second-order valence-electron chi connectivity index (χ2n) is 9.09. The van der Waals surface area contributed by atoms with Gasteiger partial charge in [-0.2, -0.15) is 5.10 Å². The zero-order valence-corrected chi connectivity index (χ0v) is 22.2. The monoisotopic (exact) mass is 555 g/mol. The zero-order valence-electron chi connectivity index (χ0n) is 20.6.